The molecule has 0 radical (unpaired) electrons. The molecule has 0 bridgehead atoms. The van der Waals surface area contributed by atoms with Crippen molar-refractivity contribution in [2.24, 2.45) is 10.1 Å². The lowest BCUT2D eigenvalue weighted by Gasteiger charge is -2.09. The van der Waals surface area contributed by atoms with Crippen molar-refractivity contribution in [3.05, 3.63) is 57.7 Å². The van der Waals surface area contributed by atoms with Gasteiger partial charge in [0.1, 0.15) is 11.7 Å². The Kier molecular flexibility index (Phi) is 6.42. The molecule has 0 unspecified atom stereocenters. The maximum Gasteiger partial charge on any atom is 0.208 e. The first-order valence-corrected chi connectivity index (χ1v) is 11.2. The van der Waals surface area contributed by atoms with Crippen LogP contribution in [0.2, 0.25) is 0 Å². The molecule has 0 aliphatic carbocycles. The third kappa shape index (κ3) is 5.37. The van der Waals surface area contributed by atoms with E-state index in [1.807, 2.05) is 30.3 Å². The molecular formula is C18H20BrN5O3S. The number of amidine groups is 1. The van der Waals surface area contributed by atoms with E-state index in [1.165, 1.54) is 0 Å². The summed E-state index contributed by atoms with van der Waals surface area (Å²) >= 11 is 3.45. The summed E-state index contributed by atoms with van der Waals surface area (Å²) in [6, 6.07) is 9.64. The van der Waals surface area contributed by atoms with E-state index >= 15 is 0 Å². The summed E-state index contributed by atoms with van der Waals surface area (Å²) in [7, 11) is -3.23. The van der Waals surface area contributed by atoms with Crippen molar-refractivity contribution in [3.63, 3.8) is 0 Å². The molecule has 0 atom stereocenters. The van der Waals surface area contributed by atoms with Crippen LogP contribution < -0.4 is 10.0 Å². The monoisotopic (exact) mass is 465 g/mol. The summed E-state index contributed by atoms with van der Waals surface area (Å²) in [6.45, 7) is 0.546. The van der Waals surface area contributed by atoms with Crippen LogP contribution in [0.3, 0.4) is 0 Å². The van der Waals surface area contributed by atoms with E-state index in [0.29, 0.717) is 36.8 Å². The molecule has 0 amide bonds. The van der Waals surface area contributed by atoms with E-state index in [9.17, 15) is 13.6 Å². The first kappa shape index (κ1) is 20.4. The van der Waals surface area contributed by atoms with Gasteiger partial charge in [0.15, 0.2) is 0 Å². The molecule has 1 aromatic heterocycles. The zero-order valence-corrected chi connectivity index (χ0v) is 17.6. The number of hydrogen-bond donors (Lipinski definition) is 3. The van der Waals surface area contributed by atoms with Gasteiger partial charge in [-0.3, -0.25) is 4.99 Å². The molecule has 1 aliphatic rings. The molecule has 0 fully saturated rings. The number of sulfonamides is 1. The van der Waals surface area contributed by atoms with Gasteiger partial charge in [-0.15, -0.1) is 0 Å². The lowest BCUT2D eigenvalue weighted by molar-refractivity contribution is 0.318. The second kappa shape index (κ2) is 8.80. The second-order valence-electron chi connectivity index (χ2n) is 6.34. The van der Waals surface area contributed by atoms with Gasteiger partial charge in [0.2, 0.25) is 10.0 Å². The first-order valence-electron chi connectivity index (χ1n) is 8.54. The Labute approximate surface area is 172 Å². The number of pyridine rings is 1. The Morgan fingerprint density at radius 3 is 2.93 bits per heavy atom. The minimum atomic E-state index is -3.23. The lowest BCUT2D eigenvalue weighted by atomic mass is 9.98. The minimum Gasteiger partial charge on any atom is -0.411 e. The van der Waals surface area contributed by atoms with Crippen molar-refractivity contribution < 1.29 is 13.6 Å². The molecule has 0 spiro atoms. The van der Waals surface area contributed by atoms with E-state index in [4.69, 9.17) is 0 Å². The Hall–Kier alpha value is -2.30. The van der Waals surface area contributed by atoms with Gasteiger partial charge in [-0.25, -0.2) is 18.1 Å². The number of nitrogens with one attached hydrogen (secondary N) is 2. The number of nitrogens with zero attached hydrogens (tertiary/aromatic N) is 3. The number of oxime groups is 1. The summed E-state index contributed by atoms with van der Waals surface area (Å²) < 4.78 is 25.6. The minimum absolute atomic E-state index is 0.229. The number of anilines is 1. The van der Waals surface area contributed by atoms with Crippen molar-refractivity contribution in [1.82, 2.24) is 9.71 Å². The largest absolute Gasteiger partial charge is 0.411 e. The molecular weight excluding hydrogens is 446 g/mol. The number of fused-ring (bicyclic) bond motifs is 1. The fourth-order valence-electron chi connectivity index (χ4n) is 2.94. The number of halogens is 1. The topological polar surface area (TPSA) is 116 Å². The zero-order chi connectivity index (χ0) is 20.1. The van der Waals surface area contributed by atoms with E-state index in [-0.39, 0.29) is 6.54 Å². The van der Waals surface area contributed by atoms with E-state index in [2.05, 4.69) is 41.1 Å². The second-order valence-corrected chi connectivity index (χ2v) is 9.08. The smallest absolute Gasteiger partial charge is 0.208 e. The van der Waals surface area contributed by atoms with E-state index in [0.717, 1.165) is 27.4 Å². The zero-order valence-electron chi connectivity index (χ0n) is 15.2. The molecule has 28 heavy (non-hydrogen) atoms. The highest BCUT2D eigenvalue weighted by Crippen LogP contribution is 2.26. The van der Waals surface area contributed by atoms with E-state index < -0.39 is 10.0 Å². The summed E-state index contributed by atoms with van der Waals surface area (Å²) in [4.78, 5) is 8.72. The third-order valence-corrected chi connectivity index (χ3v) is 5.36. The van der Waals surface area contributed by atoms with Crippen LogP contribution in [0.4, 0.5) is 5.82 Å². The quantitative estimate of drug-likeness (QED) is 0.250. The molecule has 2 heterocycles. The fraction of sp³-hybridized carbons (Fsp3) is 0.278. The molecule has 2 aromatic rings. The molecule has 148 valence electrons. The van der Waals surface area contributed by atoms with Gasteiger partial charge in [-0.2, -0.15) is 0 Å². The number of rotatable bonds is 7. The molecule has 0 saturated heterocycles. The predicted molar refractivity (Wildman–Crippen MR) is 113 cm³/mol. The summed E-state index contributed by atoms with van der Waals surface area (Å²) in [5, 5.41) is 16.3. The van der Waals surface area contributed by atoms with Gasteiger partial charge in [0.05, 0.1) is 18.5 Å². The Bertz CT molecular complexity index is 1040. The Balaban J connectivity index is 1.75. The first-order chi connectivity index (χ1) is 13.4. The molecule has 1 aromatic carbocycles. The molecule has 1 aliphatic heterocycles. The van der Waals surface area contributed by atoms with Crippen molar-refractivity contribution in [2.75, 3.05) is 24.7 Å². The maximum absolute atomic E-state index is 11.1. The molecule has 8 nitrogen and oxygen atoms in total. The molecule has 3 rings (SSSR count). The van der Waals surface area contributed by atoms with Crippen LogP contribution in [0, 0.1) is 0 Å². The van der Waals surface area contributed by atoms with Gasteiger partial charge in [0, 0.05) is 41.2 Å². The average molecular weight is 466 g/mol. The number of benzene rings is 1. The van der Waals surface area contributed by atoms with Gasteiger partial charge >= 0.3 is 0 Å². The van der Waals surface area contributed by atoms with Crippen molar-refractivity contribution in [3.8, 4) is 0 Å². The molecule has 10 heteroatoms. The summed E-state index contributed by atoms with van der Waals surface area (Å²) in [5.74, 6) is 1.37. The Morgan fingerprint density at radius 2 is 2.21 bits per heavy atom. The van der Waals surface area contributed by atoms with Crippen molar-refractivity contribution in [2.45, 2.75) is 12.8 Å². The van der Waals surface area contributed by atoms with Crippen LogP contribution in [0.1, 0.15) is 16.7 Å². The van der Waals surface area contributed by atoms with Crippen LogP contribution >= 0.6 is 15.9 Å². The SMILES string of the molecule is CS(=O)(=O)NCCN=C1Cc2c(/C(Cc3cccc(Br)c3)=N/O)ccnc2N1. The van der Waals surface area contributed by atoms with Crippen LogP contribution in [0.25, 0.3) is 0 Å². The van der Waals surface area contributed by atoms with Crippen LogP contribution in [-0.4, -0.2) is 49.5 Å². The molecule has 3 N–H and O–H groups in total. The van der Waals surface area contributed by atoms with Gasteiger partial charge < -0.3 is 10.5 Å². The number of aromatic nitrogens is 1. The number of aliphatic imine (C=N–C) groups is 1. The lowest BCUT2D eigenvalue weighted by Crippen LogP contribution is -2.25. The summed E-state index contributed by atoms with van der Waals surface area (Å²) in [5.41, 5.74) is 3.26. The highest BCUT2D eigenvalue weighted by atomic mass is 79.9. The van der Waals surface area contributed by atoms with Gasteiger partial charge in [0.25, 0.3) is 0 Å². The van der Waals surface area contributed by atoms with Crippen LogP contribution in [0.5, 0.6) is 0 Å². The van der Waals surface area contributed by atoms with Crippen LogP contribution in [-0.2, 0) is 22.9 Å². The number of hydrogen-bond acceptors (Lipinski definition) is 6. The standard InChI is InChI=1S/C18H20BrN5O3S/c1-28(26,27)22-8-7-20-17-11-15-14(5-6-21-18(15)23-17)16(24-25)10-12-3-2-4-13(19)9-12/h2-6,9,22,25H,7-8,10-11H2,1H3,(H,20,21,23)/b24-16+. The van der Waals surface area contributed by atoms with Gasteiger partial charge in [-0.1, -0.05) is 33.2 Å². The molecule has 0 saturated carbocycles. The summed E-state index contributed by atoms with van der Waals surface area (Å²) in [6.07, 6.45) is 3.74. The fourth-order valence-corrected chi connectivity index (χ4v) is 3.85. The Morgan fingerprint density at radius 1 is 1.39 bits per heavy atom. The third-order valence-electron chi connectivity index (χ3n) is 4.13. The average Bonchev–Trinajstić information content (AvgIpc) is 3.06. The van der Waals surface area contributed by atoms with Gasteiger partial charge in [-0.05, 0) is 23.8 Å². The van der Waals surface area contributed by atoms with Crippen LogP contribution in [0.15, 0.2) is 51.1 Å². The van der Waals surface area contributed by atoms with Crippen molar-refractivity contribution >= 4 is 43.3 Å². The van der Waals surface area contributed by atoms with Crippen molar-refractivity contribution in [1.29, 1.82) is 0 Å². The van der Waals surface area contributed by atoms with E-state index in [1.54, 1.807) is 6.20 Å². The maximum atomic E-state index is 11.1. The highest BCUT2D eigenvalue weighted by Gasteiger charge is 2.23. The predicted octanol–water partition coefficient (Wildman–Crippen LogP) is 2.18. The highest BCUT2D eigenvalue weighted by molar-refractivity contribution is 9.10. The normalized spacial score (nSPS) is 15.5.